The lowest BCUT2D eigenvalue weighted by molar-refractivity contribution is -0.142. The van der Waals surface area contributed by atoms with E-state index in [1.807, 2.05) is 12.3 Å². The Morgan fingerprint density at radius 2 is 1.66 bits per heavy atom. The third-order valence-corrected chi connectivity index (χ3v) is 4.92. The monoisotopic (exact) mass is 470 g/mol. The molecule has 0 unspecified atom stereocenters. The van der Waals surface area contributed by atoms with Crippen molar-refractivity contribution in [3.05, 3.63) is 38.7 Å². The minimum atomic E-state index is -4.92. The first-order valence-corrected chi connectivity index (χ1v) is 9.16. The predicted octanol–water partition coefficient (Wildman–Crippen LogP) is 4.23. The van der Waals surface area contributed by atoms with Gasteiger partial charge in [-0.3, -0.25) is 5.41 Å². The summed E-state index contributed by atoms with van der Waals surface area (Å²) >= 11 is 2.50. The molecule has 0 fully saturated rings. The Morgan fingerprint density at radius 3 is 2.03 bits per heavy atom. The number of halogens is 5. The summed E-state index contributed by atoms with van der Waals surface area (Å²) in [6, 6.07) is 0. The van der Waals surface area contributed by atoms with Crippen LogP contribution in [0.1, 0.15) is 22.0 Å². The number of thiazole rings is 2. The van der Waals surface area contributed by atoms with E-state index in [-0.39, 0.29) is 29.1 Å². The van der Waals surface area contributed by atoms with Crippen LogP contribution < -0.4 is 10.5 Å². The van der Waals surface area contributed by atoms with Crippen molar-refractivity contribution >= 4 is 40.9 Å². The fourth-order valence-electron chi connectivity index (χ4n) is 1.83. The highest BCUT2D eigenvalue weighted by molar-refractivity contribution is 7.13. The zero-order chi connectivity index (χ0) is 21.1. The van der Waals surface area contributed by atoms with Crippen molar-refractivity contribution in [1.29, 1.82) is 5.41 Å². The van der Waals surface area contributed by atoms with Gasteiger partial charge in [0.2, 0.25) is 11.8 Å². The molecule has 0 aliphatic heterocycles. The Kier molecular flexibility index (Phi) is 8.41. The van der Waals surface area contributed by atoms with Gasteiger partial charge in [0.15, 0.2) is 27.2 Å². The lowest BCUT2D eigenvalue weighted by Gasteiger charge is -2.11. The molecule has 0 aliphatic carbocycles. The van der Waals surface area contributed by atoms with E-state index in [4.69, 9.17) is 11.1 Å². The first-order chi connectivity index (χ1) is 13.0. The number of rotatable bonds is 3. The van der Waals surface area contributed by atoms with Gasteiger partial charge in [-0.15, -0.1) is 35.1 Å². The van der Waals surface area contributed by atoms with Crippen LogP contribution in [0.5, 0.6) is 5.88 Å². The number of methoxy groups -OCH3 is 1. The van der Waals surface area contributed by atoms with Crippen LogP contribution in [0.2, 0.25) is 0 Å². The van der Waals surface area contributed by atoms with E-state index in [0.717, 1.165) is 24.1 Å². The highest BCUT2D eigenvalue weighted by Gasteiger charge is 2.40. The number of aryl methyl sites for hydroxylation is 2. The maximum atomic E-state index is 13.5. The Morgan fingerprint density at radius 1 is 1.07 bits per heavy atom. The number of hydrogen-bond acceptors (Lipinski definition) is 8. The largest absolute Gasteiger partial charge is 0.480 e. The van der Waals surface area contributed by atoms with E-state index in [1.165, 1.54) is 11.3 Å². The average molecular weight is 471 g/mol. The normalized spacial score (nSPS) is 10.6. The first-order valence-electron chi connectivity index (χ1n) is 7.40. The topological polar surface area (TPSA) is 111 Å². The number of hydrogen-bond donors (Lipinski definition) is 2. The fourth-order valence-corrected chi connectivity index (χ4v) is 3.22. The van der Waals surface area contributed by atoms with Gasteiger partial charge >= 0.3 is 6.18 Å². The summed E-state index contributed by atoms with van der Waals surface area (Å²) in [5, 5.41) is 11.3. The van der Waals surface area contributed by atoms with Crippen molar-refractivity contribution in [2.24, 2.45) is 5.73 Å². The van der Waals surface area contributed by atoms with Gasteiger partial charge in [0.1, 0.15) is 0 Å². The maximum absolute atomic E-state index is 13.5. The molecule has 0 atom stereocenters. The van der Waals surface area contributed by atoms with E-state index < -0.39 is 23.6 Å². The number of nitrogen functional groups attached to an aromatic ring is 1. The van der Waals surface area contributed by atoms with Gasteiger partial charge in [-0.2, -0.15) is 27.5 Å². The van der Waals surface area contributed by atoms with Crippen LogP contribution >= 0.6 is 35.1 Å². The number of alkyl halides is 3. The molecule has 29 heavy (non-hydrogen) atoms. The Bertz CT molecular complexity index is 992. The number of nitrogens with two attached hydrogens (primary N) is 1. The standard InChI is InChI=1S/C10H7F4N3OS.C5H7N3S.ClH/c1-4-3-19-9(15-4)7-16-6(11)5(10(12,13)14)8(17-7)18-2;1-3-2-9-5(8-3)4(6)7;/h3H,1-2H3;2H,1H3,(H3,6,7);1H. The van der Waals surface area contributed by atoms with Gasteiger partial charge < -0.3 is 10.5 Å². The number of amidine groups is 1. The first kappa shape index (κ1) is 24.7. The van der Waals surface area contributed by atoms with Crippen molar-refractivity contribution in [1.82, 2.24) is 19.9 Å². The van der Waals surface area contributed by atoms with Gasteiger partial charge in [-0.1, -0.05) is 0 Å². The van der Waals surface area contributed by atoms with Crippen LogP contribution in [0, 0.1) is 25.2 Å². The Balaban J connectivity index is 0.000000355. The fraction of sp³-hybridized carbons (Fsp3) is 0.267. The molecule has 0 saturated heterocycles. The summed E-state index contributed by atoms with van der Waals surface area (Å²) in [6.07, 6.45) is -4.92. The smallest absolute Gasteiger partial charge is 0.426 e. The SMILES string of the molecule is COc1nc(-c2nc(C)cs2)nc(F)c1C(F)(F)F.Cc1csc(C(=N)N)n1.Cl. The second-order valence-electron chi connectivity index (χ2n) is 5.22. The summed E-state index contributed by atoms with van der Waals surface area (Å²) in [7, 11) is 0.980. The number of nitrogens with one attached hydrogen (secondary N) is 1. The summed E-state index contributed by atoms with van der Waals surface area (Å²) in [6.45, 7) is 3.57. The van der Waals surface area contributed by atoms with Gasteiger partial charge in [0, 0.05) is 22.1 Å². The van der Waals surface area contributed by atoms with E-state index in [2.05, 4.69) is 24.7 Å². The van der Waals surface area contributed by atoms with Crippen molar-refractivity contribution < 1.29 is 22.3 Å². The molecule has 7 nitrogen and oxygen atoms in total. The summed E-state index contributed by atoms with van der Waals surface area (Å²) < 4.78 is 55.9. The Labute approximate surface area is 176 Å². The van der Waals surface area contributed by atoms with Crippen LogP contribution in [-0.2, 0) is 6.18 Å². The molecule has 0 spiro atoms. The van der Waals surface area contributed by atoms with E-state index in [0.29, 0.717) is 10.7 Å². The maximum Gasteiger partial charge on any atom is 0.426 e. The molecule has 0 radical (unpaired) electrons. The second-order valence-corrected chi connectivity index (χ2v) is 6.94. The molecule has 3 heterocycles. The van der Waals surface area contributed by atoms with Crippen LogP contribution in [0.25, 0.3) is 10.8 Å². The minimum absolute atomic E-state index is 0. The third kappa shape index (κ3) is 6.30. The van der Waals surface area contributed by atoms with Gasteiger partial charge in [0.05, 0.1) is 7.11 Å². The molecule has 0 bridgehead atoms. The molecule has 3 N–H and O–H groups in total. The van der Waals surface area contributed by atoms with E-state index in [1.54, 1.807) is 12.3 Å². The van der Waals surface area contributed by atoms with Crippen LogP contribution in [0.4, 0.5) is 17.6 Å². The van der Waals surface area contributed by atoms with Gasteiger partial charge in [0.25, 0.3) is 0 Å². The van der Waals surface area contributed by atoms with Crippen LogP contribution in [0.15, 0.2) is 10.8 Å². The minimum Gasteiger partial charge on any atom is -0.480 e. The zero-order valence-electron chi connectivity index (χ0n) is 15.2. The number of aromatic nitrogens is 4. The lowest BCUT2D eigenvalue weighted by Crippen LogP contribution is -2.14. The summed E-state index contributed by atoms with van der Waals surface area (Å²) in [4.78, 5) is 14.7. The molecular weight excluding hydrogens is 456 g/mol. The van der Waals surface area contributed by atoms with Crippen molar-refractivity contribution in [2.45, 2.75) is 20.0 Å². The predicted molar refractivity (Wildman–Crippen MR) is 105 cm³/mol. The van der Waals surface area contributed by atoms with E-state index in [9.17, 15) is 17.6 Å². The highest BCUT2D eigenvalue weighted by Crippen LogP contribution is 2.37. The number of ether oxygens (including phenoxy) is 1. The molecule has 3 rings (SSSR count). The van der Waals surface area contributed by atoms with Crippen LogP contribution in [0.3, 0.4) is 0 Å². The summed E-state index contributed by atoms with van der Waals surface area (Å²) in [5.74, 6) is -2.72. The Hall–Kier alpha value is -2.38. The molecule has 0 aromatic carbocycles. The molecule has 158 valence electrons. The third-order valence-electron chi connectivity index (χ3n) is 2.97. The lowest BCUT2D eigenvalue weighted by atomic mass is 10.3. The van der Waals surface area contributed by atoms with Crippen LogP contribution in [-0.4, -0.2) is 32.9 Å². The van der Waals surface area contributed by atoms with Gasteiger partial charge in [-0.05, 0) is 13.8 Å². The summed E-state index contributed by atoms with van der Waals surface area (Å²) in [5.41, 5.74) is 5.10. The molecule has 3 aromatic rings. The van der Waals surface area contributed by atoms with Crippen molar-refractivity contribution in [2.75, 3.05) is 7.11 Å². The second kappa shape index (κ2) is 9.89. The average Bonchev–Trinajstić information content (AvgIpc) is 3.22. The zero-order valence-corrected chi connectivity index (χ0v) is 17.6. The quantitative estimate of drug-likeness (QED) is 0.256. The molecular formula is C15H15ClF4N6OS2. The molecule has 0 aliphatic rings. The van der Waals surface area contributed by atoms with Crippen molar-refractivity contribution in [3.8, 4) is 16.7 Å². The molecule has 14 heteroatoms. The molecule has 3 aromatic heterocycles. The van der Waals surface area contributed by atoms with E-state index >= 15 is 0 Å². The number of nitrogens with zero attached hydrogens (tertiary/aromatic N) is 4. The molecule has 0 saturated carbocycles. The van der Waals surface area contributed by atoms with Crippen molar-refractivity contribution in [3.63, 3.8) is 0 Å². The highest BCUT2D eigenvalue weighted by atomic mass is 35.5. The molecule has 0 amide bonds. The van der Waals surface area contributed by atoms with Gasteiger partial charge in [-0.25, -0.2) is 9.97 Å².